The molecule has 0 aromatic heterocycles. The van der Waals surface area contributed by atoms with E-state index < -0.39 is 50.3 Å². The molecule has 1 amide bonds. The second kappa shape index (κ2) is 7.11. The smallest absolute Gasteiger partial charge is 0.304 e. The van der Waals surface area contributed by atoms with Gasteiger partial charge in [-0.25, -0.2) is 8.42 Å². The summed E-state index contributed by atoms with van der Waals surface area (Å²) >= 11 is 0. The summed E-state index contributed by atoms with van der Waals surface area (Å²) in [5.41, 5.74) is 0.200. The van der Waals surface area contributed by atoms with Crippen molar-refractivity contribution in [3.05, 3.63) is 35.9 Å². The predicted octanol–water partition coefficient (Wildman–Crippen LogP) is 2.74. The van der Waals surface area contributed by atoms with Gasteiger partial charge in [0, 0.05) is 28.8 Å². The molecule has 0 spiro atoms. The summed E-state index contributed by atoms with van der Waals surface area (Å²) in [5, 5.41) is 0.697. The fourth-order valence-electron chi connectivity index (χ4n) is 3.23. The van der Waals surface area contributed by atoms with Crippen molar-refractivity contribution in [1.29, 1.82) is 0 Å². The molecule has 1 aliphatic rings. The lowest BCUT2D eigenvalue weighted by atomic mass is 9.95. The van der Waals surface area contributed by atoms with E-state index in [2.05, 4.69) is 0 Å². The van der Waals surface area contributed by atoms with Gasteiger partial charge < -0.3 is 4.90 Å². The number of amides is 1. The third kappa shape index (κ3) is 4.49. The van der Waals surface area contributed by atoms with Gasteiger partial charge >= 0.3 is 12.1 Å². The Morgan fingerprint density at radius 1 is 1.21 bits per heavy atom. The quantitative estimate of drug-likeness (QED) is 0.502. The topological polar surface area (TPSA) is 97.8 Å². The first-order chi connectivity index (χ1) is 13.2. The van der Waals surface area contributed by atoms with Crippen LogP contribution in [0.3, 0.4) is 0 Å². The van der Waals surface area contributed by atoms with E-state index in [1.807, 2.05) is 0 Å². The fraction of sp³-hybridized carbons (Fsp3) is 0.312. The van der Waals surface area contributed by atoms with Crippen LogP contribution in [0.25, 0.3) is 10.8 Å². The first kappa shape index (κ1) is 21.8. The van der Waals surface area contributed by atoms with Crippen molar-refractivity contribution in [3.63, 3.8) is 0 Å². The molecule has 0 fully saturated rings. The van der Waals surface area contributed by atoms with Crippen LogP contribution in [0.1, 0.15) is 11.5 Å². The van der Waals surface area contributed by atoms with Crippen LogP contribution in [0.4, 0.5) is 18.9 Å². The number of halogens is 4. The van der Waals surface area contributed by atoms with Crippen LogP contribution >= 0.6 is 10.7 Å². The molecule has 13 heteroatoms. The molecule has 0 bridgehead atoms. The van der Waals surface area contributed by atoms with E-state index in [9.17, 15) is 34.8 Å². The van der Waals surface area contributed by atoms with Gasteiger partial charge in [-0.05, 0) is 34.5 Å². The molecule has 0 N–H and O–H groups in total. The average Bonchev–Trinajstić information content (AvgIpc) is 2.95. The minimum atomic E-state index is -5.13. The second-order valence-electron chi connectivity index (χ2n) is 6.42. The Bertz CT molecular complexity index is 1210. The van der Waals surface area contributed by atoms with E-state index in [4.69, 9.17) is 14.9 Å². The van der Waals surface area contributed by atoms with Gasteiger partial charge in [-0.2, -0.15) is 21.6 Å². The van der Waals surface area contributed by atoms with Crippen molar-refractivity contribution < 1.29 is 39.0 Å². The number of nitrogens with zero attached hydrogens (tertiary/aromatic N) is 1. The molecule has 1 aliphatic heterocycles. The number of rotatable bonds is 4. The summed E-state index contributed by atoms with van der Waals surface area (Å²) < 4.78 is 89.5. The molecule has 29 heavy (non-hydrogen) atoms. The molecular weight excluding hydrogens is 459 g/mol. The van der Waals surface area contributed by atoms with E-state index in [-0.39, 0.29) is 16.1 Å². The van der Waals surface area contributed by atoms with E-state index >= 15 is 0 Å². The van der Waals surface area contributed by atoms with Crippen LogP contribution in [-0.2, 0) is 28.1 Å². The lowest BCUT2D eigenvalue weighted by molar-refractivity contribution is -0.170. The maximum atomic E-state index is 13.0. The predicted molar refractivity (Wildman–Crippen MR) is 98.9 cm³/mol. The first-order valence-electron chi connectivity index (χ1n) is 7.93. The molecule has 0 radical (unpaired) electrons. The van der Waals surface area contributed by atoms with Gasteiger partial charge in [-0.1, -0.05) is 12.1 Å². The first-order valence-corrected chi connectivity index (χ1v) is 12.1. The Morgan fingerprint density at radius 2 is 1.86 bits per heavy atom. The summed E-state index contributed by atoms with van der Waals surface area (Å²) in [7, 11) is -2.59. The lowest BCUT2D eigenvalue weighted by Gasteiger charge is -2.19. The summed E-state index contributed by atoms with van der Waals surface area (Å²) in [6.45, 7) is -0.931. The van der Waals surface area contributed by atoms with Gasteiger partial charge in [0.1, 0.15) is 0 Å². The molecule has 158 valence electrons. The van der Waals surface area contributed by atoms with Gasteiger partial charge in [0.05, 0.1) is 17.8 Å². The van der Waals surface area contributed by atoms with Crippen LogP contribution in [0.5, 0.6) is 0 Å². The maximum absolute atomic E-state index is 13.0. The standard InChI is InChI=1S/C16H13ClF3NO6S2/c1-28(23,24)27-8-10-7-21(15(22)16(18,19)20)13-5-2-9-6-11(29(17,25)26)3-4-12(9)14(10)13/h2-6,10H,7-8H2,1H3. The normalized spacial score (nSPS) is 17.6. The fourth-order valence-corrected chi connectivity index (χ4v) is 4.43. The maximum Gasteiger partial charge on any atom is 0.471 e. The zero-order valence-electron chi connectivity index (χ0n) is 14.6. The molecule has 0 saturated carbocycles. The van der Waals surface area contributed by atoms with Gasteiger partial charge in [-0.3, -0.25) is 8.98 Å². The molecule has 1 heterocycles. The van der Waals surface area contributed by atoms with E-state index in [1.165, 1.54) is 30.3 Å². The Hall–Kier alpha value is -1.89. The SMILES string of the molecule is CS(=O)(=O)OCC1CN(C(=O)C(F)(F)F)c2ccc3cc(S(=O)(=O)Cl)ccc3c21. The van der Waals surface area contributed by atoms with Crippen LogP contribution in [-0.4, -0.2) is 48.3 Å². The van der Waals surface area contributed by atoms with Gasteiger partial charge in [0.15, 0.2) is 0 Å². The summed E-state index contributed by atoms with van der Waals surface area (Å²) in [5.74, 6) is -2.98. The number of carbonyl (C=O) groups is 1. The van der Waals surface area contributed by atoms with Crippen molar-refractivity contribution in [3.8, 4) is 0 Å². The van der Waals surface area contributed by atoms with Crippen LogP contribution in [0, 0.1) is 0 Å². The number of carbonyl (C=O) groups excluding carboxylic acids is 1. The molecule has 1 atom stereocenters. The number of fused-ring (bicyclic) bond motifs is 3. The van der Waals surface area contributed by atoms with Crippen molar-refractivity contribution >= 4 is 52.2 Å². The Morgan fingerprint density at radius 3 is 2.41 bits per heavy atom. The Balaban J connectivity index is 2.17. The van der Waals surface area contributed by atoms with Gasteiger partial charge in [-0.15, -0.1) is 0 Å². The van der Waals surface area contributed by atoms with E-state index in [0.717, 1.165) is 6.26 Å². The van der Waals surface area contributed by atoms with E-state index in [0.29, 0.717) is 15.7 Å². The van der Waals surface area contributed by atoms with Crippen LogP contribution in [0.2, 0.25) is 0 Å². The monoisotopic (exact) mass is 471 g/mol. The van der Waals surface area contributed by atoms with Crippen molar-refractivity contribution in [2.24, 2.45) is 0 Å². The van der Waals surface area contributed by atoms with E-state index in [1.54, 1.807) is 0 Å². The minimum Gasteiger partial charge on any atom is -0.304 e. The molecule has 7 nitrogen and oxygen atoms in total. The largest absolute Gasteiger partial charge is 0.471 e. The molecule has 1 unspecified atom stereocenters. The highest BCUT2D eigenvalue weighted by atomic mass is 35.7. The molecule has 2 aromatic carbocycles. The summed E-state index contributed by atoms with van der Waals surface area (Å²) in [6.07, 6.45) is -4.34. The molecule has 0 aliphatic carbocycles. The average molecular weight is 472 g/mol. The van der Waals surface area contributed by atoms with Crippen LogP contribution < -0.4 is 4.90 Å². The molecular formula is C16H13ClF3NO6S2. The van der Waals surface area contributed by atoms with Gasteiger partial charge in [0.25, 0.3) is 19.2 Å². The van der Waals surface area contributed by atoms with Crippen molar-refractivity contribution in [2.45, 2.75) is 17.0 Å². The Labute approximate surface area is 168 Å². The Kier molecular flexibility index (Phi) is 5.35. The van der Waals surface area contributed by atoms with Crippen molar-refractivity contribution in [1.82, 2.24) is 0 Å². The second-order valence-corrected chi connectivity index (χ2v) is 10.6. The lowest BCUT2D eigenvalue weighted by Crippen LogP contribution is -2.40. The summed E-state index contributed by atoms with van der Waals surface area (Å²) in [4.78, 5) is 12.1. The summed E-state index contributed by atoms with van der Waals surface area (Å²) in [6, 6.07) is 6.36. The molecule has 3 rings (SSSR count). The number of anilines is 1. The highest BCUT2D eigenvalue weighted by Gasteiger charge is 2.47. The zero-order chi connectivity index (χ0) is 21.8. The van der Waals surface area contributed by atoms with Crippen molar-refractivity contribution in [2.75, 3.05) is 24.3 Å². The van der Waals surface area contributed by atoms with Crippen LogP contribution in [0.15, 0.2) is 35.2 Å². The number of benzene rings is 2. The molecule has 2 aromatic rings. The van der Waals surface area contributed by atoms with Gasteiger partial charge in [0.2, 0.25) is 0 Å². The highest BCUT2D eigenvalue weighted by molar-refractivity contribution is 8.13. The number of hydrogen-bond acceptors (Lipinski definition) is 6. The third-order valence-electron chi connectivity index (χ3n) is 4.36. The highest BCUT2D eigenvalue weighted by Crippen LogP contribution is 2.43. The zero-order valence-corrected chi connectivity index (χ0v) is 17.0. The number of hydrogen-bond donors (Lipinski definition) is 0. The minimum absolute atomic E-state index is 0.0524. The number of alkyl halides is 3. The third-order valence-corrected chi connectivity index (χ3v) is 6.28. The molecule has 0 saturated heterocycles.